The van der Waals surface area contributed by atoms with Crippen molar-refractivity contribution in [1.29, 1.82) is 0 Å². The summed E-state index contributed by atoms with van der Waals surface area (Å²) in [6.45, 7) is 0.911. The number of hydrogen-bond donors (Lipinski definition) is 3. The Hall–Kier alpha value is -0.810. The van der Waals surface area contributed by atoms with Gasteiger partial charge >= 0.3 is 0 Å². The highest BCUT2D eigenvalue weighted by Gasteiger charge is 2.20. The predicted octanol–water partition coefficient (Wildman–Crippen LogP) is 1.47. The molecule has 0 saturated heterocycles. The summed E-state index contributed by atoms with van der Waals surface area (Å²) in [4.78, 5) is 11.7. The van der Waals surface area contributed by atoms with Crippen LogP contribution in [0.2, 0.25) is 10.0 Å². The largest absolute Gasteiger partial charge is 0.393 e. The molecule has 0 spiro atoms. The second-order valence-electron chi connectivity index (χ2n) is 4.00. The van der Waals surface area contributed by atoms with E-state index >= 15 is 0 Å². The molecule has 0 aliphatic carbocycles. The van der Waals surface area contributed by atoms with Crippen molar-refractivity contribution in [2.75, 3.05) is 13.2 Å². The lowest BCUT2D eigenvalue weighted by atomic mass is 10.1. The van der Waals surface area contributed by atoms with Crippen LogP contribution in [0.1, 0.15) is 17.3 Å². The number of nitrogens with one attached hydrogen (secondary N) is 1. The third kappa shape index (κ3) is 4.52. The maximum absolute atomic E-state index is 11.7. The molecule has 1 unspecified atom stereocenters. The van der Waals surface area contributed by atoms with E-state index in [0.717, 1.165) is 0 Å². The average molecular weight is 278 g/mol. The molecular weight excluding hydrogens is 265 g/mol. The Morgan fingerprint density at radius 3 is 2.35 bits per heavy atom. The van der Waals surface area contributed by atoms with E-state index in [2.05, 4.69) is 5.32 Å². The van der Waals surface area contributed by atoms with Gasteiger partial charge in [-0.2, -0.15) is 0 Å². The van der Waals surface area contributed by atoms with Gasteiger partial charge in [0.1, 0.15) is 5.60 Å². The number of hydrogen-bond acceptors (Lipinski definition) is 3. The van der Waals surface area contributed by atoms with E-state index in [1.165, 1.54) is 25.1 Å². The second kappa shape index (κ2) is 5.69. The summed E-state index contributed by atoms with van der Waals surface area (Å²) in [5, 5.41) is 21.5. The zero-order valence-electron chi connectivity index (χ0n) is 9.20. The number of aliphatic hydroxyl groups is 2. The number of benzene rings is 1. The third-order valence-electron chi connectivity index (χ3n) is 2.10. The quantitative estimate of drug-likeness (QED) is 0.781. The average Bonchev–Trinajstić information content (AvgIpc) is 2.24. The summed E-state index contributed by atoms with van der Waals surface area (Å²) in [6.07, 6.45) is 0. The van der Waals surface area contributed by atoms with E-state index in [4.69, 9.17) is 28.3 Å². The Morgan fingerprint density at radius 2 is 1.88 bits per heavy atom. The van der Waals surface area contributed by atoms with Gasteiger partial charge in [-0.3, -0.25) is 4.79 Å². The molecule has 0 aromatic heterocycles. The van der Waals surface area contributed by atoms with E-state index in [0.29, 0.717) is 15.6 Å². The minimum Gasteiger partial charge on any atom is -0.393 e. The van der Waals surface area contributed by atoms with Gasteiger partial charge in [-0.25, -0.2) is 0 Å². The van der Waals surface area contributed by atoms with Crippen LogP contribution in [0.3, 0.4) is 0 Å². The van der Waals surface area contributed by atoms with Gasteiger partial charge in [-0.1, -0.05) is 23.2 Å². The zero-order valence-corrected chi connectivity index (χ0v) is 10.7. The van der Waals surface area contributed by atoms with Crippen LogP contribution in [0, 0.1) is 0 Å². The van der Waals surface area contributed by atoms with Crippen molar-refractivity contribution in [3.05, 3.63) is 33.8 Å². The van der Waals surface area contributed by atoms with Crippen molar-refractivity contribution >= 4 is 29.1 Å². The predicted molar refractivity (Wildman–Crippen MR) is 66.5 cm³/mol. The molecule has 94 valence electrons. The first kappa shape index (κ1) is 14.3. The number of halogens is 2. The number of rotatable bonds is 4. The zero-order chi connectivity index (χ0) is 13.1. The molecule has 1 atom stereocenters. The summed E-state index contributed by atoms with van der Waals surface area (Å²) in [6, 6.07) is 4.45. The van der Waals surface area contributed by atoms with Crippen molar-refractivity contribution in [2.45, 2.75) is 12.5 Å². The third-order valence-corrected chi connectivity index (χ3v) is 2.53. The first-order chi connectivity index (χ1) is 7.84. The van der Waals surface area contributed by atoms with E-state index in [1.54, 1.807) is 0 Å². The highest BCUT2D eigenvalue weighted by atomic mass is 35.5. The molecule has 0 radical (unpaired) electrons. The molecule has 6 heteroatoms. The fourth-order valence-electron chi connectivity index (χ4n) is 1.11. The van der Waals surface area contributed by atoms with Gasteiger partial charge in [-0.05, 0) is 25.1 Å². The minimum absolute atomic E-state index is 0.0630. The molecule has 0 saturated carbocycles. The summed E-state index contributed by atoms with van der Waals surface area (Å²) in [5.74, 6) is -0.414. The van der Waals surface area contributed by atoms with Gasteiger partial charge in [-0.15, -0.1) is 0 Å². The van der Waals surface area contributed by atoms with E-state index < -0.39 is 18.1 Å². The van der Waals surface area contributed by atoms with Gasteiger partial charge in [0, 0.05) is 22.2 Å². The number of carbonyl (C=O) groups excluding carboxylic acids is 1. The summed E-state index contributed by atoms with van der Waals surface area (Å²) >= 11 is 11.5. The van der Waals surface area contributed by atoms with Crippen LogP contribution >= 0.6 is 23.2 Å². The normalized spacial score (nSPS) is 14.2. The number of aliphatic hydroxyl groups excluding tert-OH is 1. The number of amides is 1. The molecule has 3 N–H and O–H groups in total. The van der Waals surface area contributed by atoms with Crippen molar-refractivity contribution in [2.24, 2.45) is 0 Å². The van der Waals surface area contributed by atoms with Gasteiger partial charge in [0.25, 0.3) is 5.91 Å². The SMILES string of the molecule is CC(O)(CO)CNC(=O)c1cc(Cl)cc(Cl)c1. The monoisotopic (exact) mass is 277 g/mol. The maximum Gasteiger partial charge on any atom is 0.251 e. The van der Waals surface area contributed by atoms with Crippen LogP contribution in [-0.4, -0.2) is 34.9 Å². The summed E-state index contributed by atoms with van der Waals surface area (Å²) in [5.41, 5.74) is -1.05. The van der Waals surface area contributed by atoms with E-state index in [-0.39, 0.29) is 6.54 Å². The van der Waals surface area contributed by atoms with Gasteiger partial charge < -0.3 is 15.5 Å². The van der Waals surface area contributed by atoms with Gasteiger partial charge in [0.05, 0.1) is 6.61 Å². The minimum atomic E-state index is -1.35. The molecule has 0 bridgehead atoms. The standard InChI is InChI=1S/C11H13Cl2NO3/c1-11(17,6-15)5-14-10(16)7-2-8(12)4-9(13)3-7/h2-4,15,17H,5-6H2,1H3,(H,14,16). The Kier molecular flexibility index (Phi) is 4.77. The lowest BCUT2D eigenvalue weighted by Crippen LogP contribution is -2.43. The van der Waals surface area contributed by atoms with Gasteiger partial charge in [0.15, 0.2) is 0 Å². The van der Waals surface area contributed by atoms with E-state index in [1.807, 2.05) is 0 Å². The first-order valence-electron chi connectivity index (χ1n) is 4.91. The summed E-state index contributed by atoms with van der Waals surface area (Å²) < 4.78 is 0. The highest BCUT2D eigenvalue weighted by molar-refractivity contribution is 6.35. The fourth-order valence-corrected chi connectivity index (χ4v) is 1.64. The van der Waals surface area contributed by atoms with Crippen molar-refractivity contribution in [1.82, 2.24) is 5.32 Å². The van der Waals surface area contributed by atoms with Crippen molar-refractivity contribution in [3.8, 4) is 0 Å². The lowest BCUT2D eigenvalue weighted by Gasteiger charge is -2.20. The van der Waals surface area contributed by atoms with Crippen LogP contribution in [0.25, 0.3) is 0 Å². The van der Waals surface area contributed by atoms with E-state index in [9.17, 15) is 9.90 Å². The smallest absolute Gasteiger partial charge is 0.251 e. The summed E-state index contributed by atoms with van der Waals surface area (Å²) in [7, 11) is 0. The van der Waals surface area contributed by atoms with Crippen LogP contribution < -0.4 is 5.32 Å². The molecule has 4 nitrogen and oxygen atoms in total. The molecule has 1 rings (SSSR count). The molecule has 1 aromatic rings. The Balaban J connectivity index is 2.70. The topological polar surface area (TPSA) is 69.6 Å². The molecule has 1 amide bonds. The Morgan fingerprint density at radius 1 is 1.35 bits per heavy atom. The van der Waals surface area contributed by atoms with Crippen LogP contribution in [0.5, 0.6) is 0 Å². The van der Waals surface area contributed by atoms with Crippen LogP contribution in [0.4, 0.5) is 0 Å². The van der Waals surface area contributed by atoms with Crippen molar-refractivity contribution < 1.29 is 15.0 Å². The molecule has 0 aliphatic heterocycles. The molecule has 1 aromatic carbocycles. The molecule has 0 heterocycles. The highest BCUT2D eigenvalue weighted by Crippen LogP contribution is 2.19. The Labute approximate surface area is 109 Å². The molecule has 17 heavy (non-hydrogen) atoms. The number of carbonyl (C=O) groups is 1. The maximum atomic E-state index is 11.7. The first-order valence-corrected chi connectivity index (χ1v) is 5.67. The van der Waals surface area contributed by atoms with Crippen molar-refractivity contribution in [3.63, 3.8) is 0 Å². The van der Waals surface area contributed by atoms with Gasteiger partial charge in [0.2, 0.25) is 0 Å². The lowest BCUT2D eigenvalue weighted by molar-refractivity contribution is 0.00320. The fraction of sp³-hybridized carbons (Fsp3) is 0.364. The van der Waals surface area contributed by atoms with Crippen LogP contribution in [0.15, 0.2) is 18.2 Å². The second-order valence-corrected chi connectivity index (χ2v) is 4.87. The Bertz CT molecular complexity index is 401. The molecular formula is C11H13Cl2NO3. The molecule has 0 aliphatic rings. The van der Waals surface area contributed by atoms with Crippen LogP contribution in [-0.2, 0) is 0 Å². The molecule has 0 fully saturated rings.